The molecule has 0 spiro atoms. The summed E-state index contributed by atoms with van der Waals surface area (Å²) in [7, 11) is 0. The first-order valence-electron chi connectivity index (χ1n) is 13.5. The van der Waals surface area contributed by atoms with Gasteiger partial charge in [0.15, 0.2) is 0 Å². The number of rotatable bonds is 8. The van der Waals surface area contributed by atoms with Gasteiger partial charge in [-0.05, 0) is 71.8 Å². The third kappa shape index (κ3) is 6.49. The number of carbonyl (C=O) groups is 1. The molecule has 6 aromatic rings. The molecule has 204 valence electrons. The minimum absolute atomic E-state index is 0.388. The molecule has 0 radical (unpaired) electrons. The fourth-order valence-electron chi connectivity index (χ4n) is 4.44. The maximum atomic E-state index is 13.0. The van der Waals surface area contributed by atoms with Gasteiger partial charge in [-0.15, -0.1) is 0 Å². The van der Waals surface area contributed by atoms with Gasteiger partial charge in [-0.1, -0.05) is 97.1 Å². The number of benzene rings is 6. The average molecular weight is 551 g/mol. The standard InChI is InChI=1S/C37H26O5/c38-37(41-35-17-9-7-15-33(35)27-19-23-31(24-20-27)39-29-11-3-1-4-12-29)42-36-18-10-8-16-34(36)28-21-25-32(26-22-28)40-30-13-5-2-6-14-30/h1-26H. The summed E-state index contributed by atoms with van der Waals surface area (Å²) in [5, 5.41) is 0. The minimum Gasteiger partial charge on any atom is -0.457 e. The summed E-state index contributed by atoms with van der Waals surface area (Å²) in [6, 6.07) is 49.0. The lowest BCUT2D eigenvalue weighted by Crippen LogP contribution is -2.14. The van der Waals surface area contributed by atoms with Crippen LogP contribution in [0.2, 0.25) is 0 Å². The molecule has 0 saturated carbocycles. The summed E-state index contributed by atoms with van der Waals surface area (Å²) in [4.78, 5) is 13.0. The molecule has 0 fully saturated rings. The predicted molar refractivity (Wildman–Crippen MR) is 163 cm³/mol. The van der Waals surface area contributed by atoms with Crippen LogP contribution in [-0.2, 0) is 0 Å². The van der Waals surface area contributed by atoms with Crippen LogP contribution in [0.4, 0.5) is 4.79 Å². The summed E-state index contributed by atoms with van der Waals surface area (Å²) in [5.41, 5.74) is 3.25. The quantitative estimate of drug-likeness (QED) is 0.139. The second-order valence-corrected chi connectivity index (χ2v) is 9.33. The molecule has 0 unspecified atom stereocenters. The van der Waals surface area contributed by atoms with Gasteiger partial charge < -0.3 is 18.9 Å². The van der Waals surface area contributed by atoms with Crippen LogP contribution in [0.5, 0.6) is 34.5 Å². The second kappa shape index (κ2) is 12.6. The van der Waals surface area contributed by atoms with Crippen molar-refractivity contribution in [1.82, 2.24) is 0 Å². The molecule has 0 amide bonds. The van der Waals surface area contributed by atoms with E-state index in [1.54, 1.807) is 12.1 Å². The molecule has 0 bridgehead atoms. The van der Waals surface area contributed by atoms with Gasteiger partial charge in [-0.3, -0.25) is 0 Å². The fourth-order valence-corrected chi connectivity index (χ4v) is 4.44. The smallest absolute Gasteiger partial charge is 0.457 e. The van der Waals surface area contributed by atoms with E-state index in [4.69, 9.17) is 18.9 Å². The minimum atomic E-state index is -0.831. The summed E-state index contributed by atoms with van der Waals surface area (Å²) in [6.45, 7) is 0. The molecule has 5 nitrogen and oxygen atoms in total. The highest BCUT2D eigenvalue weighted by molar-refractivity contribution is 5.78. The summed E-state index contributed by atoms with van der Waals surface area (Å²) < 4.78 is 23.2. The first-order chi connectivity index (χ1) is 20.7. The van der Waals surface area contributed by atoms with E-state index in [1.807, 2.05) is 146 Å². The Kier molecular flexibility index (Phi) is 7.91. The molecule has 42 heavy (non-hydrogen) atoms. The highest BCUT2D eigenvalue weighted by Crippen LogP contribution is 2.34. The lowest BCUT2D eigenvalue weighted by atomic mass is 10.0. The molecule has 0 aliphatic rings. The summed E-state index contributed by atoms with van der Waals surface area (Å²) >= 11 is 0. The van der Waals surface area contributed by atoms with Crippen molar-refractivity contribution in [2.45, 2.75) is 0 Å². The summed E-state index contributed by atoms with van der Waals surface area (Å²) in [6.07, 6.45) is -0.831. The Labute approximate surface area is 244 Å². The Hall–Kier alpha value is -5.81. The van der Waals surface area contributed by atoms with E-state index in [9.17, 15) is 4.79 Å². The van der Waals surface area contributed by atoms with Crippen LogP contribution in [0.1, 0.15) is 0 Å². The molecule has 5 heteroatoms. The number of carbonyl (C=O) groups excluding carboxylic acids is 1. The molecule has 0 aliphatic heterocycles. The Morgan fingerprint density at radius 1 is 0.357 bits per heavy atom. The maximum Gasteiger partial charge on any atom is 0.519 e. The molecule has 0 aromatic heterocycles. The molecule has 0 saturated heterocycles. The lowest BCUT2D eigenvalue weighted by Gasteiger charge is -2.13. The van der Waals surface area contributed by atoms with Gasteiger partial charge in [-0.25, -0.2) is 4.79 Å². The van der Waals surface area contributed by atoms with Gasteiger partial charge in [0, 0.05) is 11.1 Å². The van der Waals surface area contributed by atoms with Crippen LogP contribution in [0.25, 0.3) is 22.3 Å². The van der Waals surface area contributed by atoms with Crippen LogP contribution in [0, 0.1) is 0 Å². The molecular weight excluding hydrogens is 524 g/mol. The molecule has 0 atom stereocenters. The van der Waals surface area contributed by atoms with E-state index in [2.05, 4.69) is 0 Å². The number of hydrogen-bond acceptors (Lipinski definition) is 5. The third-order valence-corrected chi connectivity index (χ3v) is 6.45. The SMILES string of the molecule is O=C(Oc1ccccc1-c1ccc(Oc2ccccc2)cc1)Oc1ccccc1-c1ccc(Oc2ccccc2)cc1. The summed E-state index contributed by atoms with van der Waals surface area (Å²) in [5.74, 6) is 3.71. The van der Waals surface area contributed by atoms with Crippen LogP contribution in [0.3, 0.4) is 0 Å². The molecule has 0 heterocycles. The topological polar surface area (TPSA) is 54.0 Å². The first-order valence-corrected chi connectivity index (χ1v) is 13.5. The predicted octanol–water partition coefficient (Wildman–Crippen LogP) is 10.2. The van der Waals surface area contributed by atoms with Crippen molar-refractivity contribution in [1.29, 1.82) is 0 Å². The van der Waals surface area contributed by atoms with Crippen molar-refractivity contribution < 1.29 is 23.7 Å². The molecule has 0 aliphatic carbocycles. The average Bonchev–Trinajstić information content (AvgIpc) is 3.03. The van der Waals surface area contributed by atoms with Crippen molar-refractivity contribution in [2.24, 2.45) is 0 Å². The van der Waals surface area contributed by atoms with Gasteiger partial charge in [0.05, 0.1) is 0 Å². The van der Waals surface area contributed by atoms with E-state index in [-0.39, 0.29) is 0 Å². The Morgan fingerprint density at radius 3 is 1.10 bits per heavy atom. The van der Waals surface area contributed by atoms with Crippen molar-refractivity contribution in [3.05, 3.63) is 158 Å². The Morgan fingerprint density at radius 2 is 0.690 bits per heavy atom. The Balaban J connectivity index is 1.15. The molecule has 6 rings (SSSR count). The van der Waals surface area contributed by atoms with Crippen molar-refractivity contribution in [2.75, 3.05) is 0 Å². The molecule has 6 aromatic carbocycles. The number of ether oxygens (including phenoxy) is 4. The van der Waals surface area contributed by atoms with Gasteiger partial charge in [0.1, 0.15) is 34.5 Å². The number of para-hydroxylation sites is 4. The number of hydrogen-bond donors (Lipinski definition) is 0. The third-order valence-electron chi connectivity index (χ3n) is 6.45. The first kappa shape index (κ1) is 26.4. The van der Waals surface area contributed by atoms with Gasteiger partial charge in [0.25, 0.3) is 0 Å². The monoisotopic (exact) mass is 550 g/mol. The zero-order valence-electron chi connectivity index (χ0n) is 22.6. The van der Waals surface area contributed by atoms with E-state index >= 15 is 0 Å². The van der Waals surface area contributed by atoms with Crippen LogP contribution in [-0.4, -0.2) is 6.16 Å². The highest BCUT2D eigenvalue weighted by Gasteiger charge is 2.16. The van der Waals surface area contributed by atoms with E-state index in [0.717, 1.165) is 33.8 Å². The normalized spacial score (nSPS) is 10.5. The van der Waals surface area contributed by atoms with E-state index in [1.165, 1.54) is 0 Å². The largest absolute Gasteiger partial charge is 0.519 e. The van der Waals surface area contributed by atoms with Crippen LogP contribution >= 0.6 is 0 Å². The highest BCUT2D eigenvalue weighted by atomic mass is 16.7. The van der Waals surface area contributed by atoms with Gasteiger partial charge in [0.2, 0.25) is 0 Å². The van der Waals surface area contributed by atoms with Gasteiger partial charge in [-0.2, -0.15) is 0 Å². The lowest BCUT2D eigenvalue weighted by molar-refractivity contribution is 0.152. The Bertz CT molecular complexity index is 1630. The van der Waals surface area contributed by atoms with E-state index < -0.39 is 6.16 Å². The van der Waals surface area contributed by atoms with Crippen molar-refractivity contribution in [3.63, 3.8) is 0 Å². The van der Waals surface area contributed by atoms with Gasteiger partial charge >= 0.3 is 6.16 Å². The molecule has 0 N–H and O–H groups in total. The second-order valence-electron chi connectivity index (χ2n) is 9.33. The van der Waals surface area contributed by atoms with Crippen LogP contribution in [0.15, 0.2) is 158 Å². The molecular formula is C37H26O5. The van der Waals surface area contributed by atoms with Crippen molar-refractivity contribution in [3.8, 4) is 56.8 Å². The zero-order valence-corrected chi connectivity index (χ0v) is 22.6. The fraction of sp³-hybridized carbons (Fsp3) is 0. The zero-order chi connectivity index (χ0) is 28.6. The maximum absolute atomic E-state index is 13.0. The van der Waals surface area contributed by atoms with Crippen LogP contribution < -0.4 is 18.9 Å². The van der Waals surface area contributed by atoms with E-state index in [0.29, 0.717) is 23.0 Å². The van der Waals surface area contributed by atoms with Crippen molar-refractivity contribution >= 4 is 6.16 Å².